The molecule has 0 saturated heterocycles. The monoisotopic (exact) mass is 482 g/mol. The van der Waals surface area contributed by atoms with Crippen molar-refractivity contribution in [3.8, 4) is 0 Å². The molecule has 1 aliphatic heterocycles. The lowest BCUT2D eigenvalue weighted by Gasteiger charge is -2.35. The van der Waals surface area contributed by atoms with E-state index in [0.29, 0.717) is 16.3 Å². The number of nitrogens with zero attached hydrogens (tertiary/aromatic N) is 2. The second kappa shape index (κ2) is 8.25. The highest BCUT2D eigenvalue weighted by molar-refractivity contribution is 9.10. The van der Waals surface area contributed by atoms with Gasteiger partial charge >= 0.3 is 0 Å². The summed E-state index contributed by atoms with van der Waals surface area (Å²) >= 11 is 9.54. The smallest absolute Gasteiger partial charge is 0.257 e. The molecular weight excluding hydrogens is 464 g/mol. The number of hydrogen-bond donors (Lipinski definition) is 0. The largest absolute Gasteiger partial charge is 0.316 e. The number of carbonyl (C=O) groups excluding carboxylic acids is 2. The van der Waals surface area contributed by atoms with Crippen molar-refractivity contribution >= 4 is 45.0 Å². The van der Waals surface area contributed by atoms with Gasteiger partial charge in [-0.3, -0.25) is 9.59 Å². The van der Waals surface area contributed by atoms with Crippen LogP contribution in [0.3, 0.4) is 0 Å². The molecule has 4 rings (SSSR count). The molecule has 0 spiro atoms. The molecule has 152 valence electrons. The Labute approximate surface area is 189 Å². The summed E-state index contributed by atoms with van der Waals surface area (Å²) in [6.45, 7) is 1.95. The summed E-state index contributed by atoms with van der Waals surface area (Å²) in [5.41, 5.74) is 2.76. The minimum Gasteiger partial charge on any atom is -0.316 e. The number of halogens is 2. The van der Waals surface area contributed by atoms with Crippen molar-refractivity contribution in [1.82, 2.24) is 4.90 Å². The standard InChI is InChI=1S/C24H20BrClN2O2/c1-15(16-6-4-3-5-7-16)28-22(17-8-11-19(26)12-9-17)24(30)27(2)21-13-10-18(25)14-20(21)23(28)29/h3-15,22H,1-2H3. The number of amides is 2. The highest BCUT2D eigenvalue weighted by atomic mass is 79.9. The molecular formula is C24H20BrClN2O2. The maximum atomic E-state index is 13.8. The van der Waals surface area contributed by atoms with E-state index in [-0.39, 0.29) is 17.9 Å². The van der Waals surface area contributed by atoms with E-state index < -0.39 is 6.04 Å². The molecule has 3 aromatic rings. The molecule has 0 radical (unpaired) electrons. The van der Waals surface area contributed by atoms with E-state index in [4.69, 9.17) is 11.6 Å². The Bertz CT molecular complexity index is 1100. The molecule has 30 heavy (non-hydrogen) atoms. The lowest BCUT2D eigenvalue weighted by atomic mass is 9.98. The molecule has 6 heteroatoms. The van der Waals surface area contributed by atoms with Gasteiger partial charge in [-0.25, -0.2) is 0 Å². The number of fused-ring (bicyclic) bond motifs is 1. The minimum atomic E-state index is -0.777. The minimum absolute atomic E-state index is 0.172. The molecule has 2 atom stereocenters. The molecule has 2 amide bonds. The first-order valence-electron chi connectivity index (χ1n) is 9.58. The lowest BCUT2D eigenvalue weighted by Crippen LogP contribution is -2.42. The molecule has 1 aliphatic rings. The number of hydrogen-bond acceptors (Lipinski definition) is 2. The van der Waals surface area contributed by atoms with Crippen LogP contribution in [-0.4, -0.2) is 23.8 Å². The number of benzene rings is 3. The van der Waals surface area contributed by atoms with Crippen LogP contribution < -0.4 is 4.90 Å². The third kappa shape index (κ3) is 3.64. The average Bonchev–Trinajstić information content (AvgIpc) is 2.83. The molecule has 0 aliphatic carbocycles. The summed E-state index contributed by atoms with van der Waals surface area (Å²) in [6.07, 6.45) is 0. The lowest BCUT2D eigenvalue weighted by molar-refractivity contribution is -0.123. The second-order valence-electron chi connectivity index (χ2n) is 7.31. The molecule has 0 saturated carbocycles. The zero-order valence-corrected chi connectivity index (χ0v) is 18.9. The van der Waals surface area contributed by atoms with Crippen LogP contribution in [0.15, 0.2) is 77.3 Å². The van der Waals surface area contributed by atoms with Gasteiger partial charge in [-0.1, -0.05) is 70.0 Å². The summed E-state index contributed by atoms with van der Waals surface area (Å²) in [5, 5.41) is 0.578. The quantitative estimate of drug-likeness (QED) is 0.457. The van der Waals surface area contributed by atoms with Crippen molar-refractivity contribution < 1.29 is 9.59 Å². The summed E-state index contributed by atoms with van der Waals surface area (Å²) < 4.78 is 0.785. The van der Waals surface area contributed by atoms with Gasteiger partial charge in [0.25, 0.3) is 11.8 Å². The van der Waals surface area contributed by atoms with Crippen LogP contribution in [0.1, 0.15) is 40.5 Å². The van der Waals surface area contributed by atoms with Crippen LogP contribution in [0.5, 0.6) is 0 Å². The summed E-state index contributed by atoms with van der Waals surface area (Å²) in [4.78, 5) is 30.7. The van der Waals surface area contributed by atoms with Gasteiger partial charge in [0, 0.05) is 16.5 Å². The third-order valence-electron chi connectivity index (χ3n) is 5.51. The Balaban J connectivity index is 1.93. The van der Waals surface area contributed by atoms with Crippen molar-refractivity contribution in [2.24, 2.45) is 0 Å². The van der Waals surface area contributed by atoms with E-state index in [1.54, 1.807) is 41.1 Å². The summed E-state index contributed by atoms with van der Waals surface area (Å²) in [5.74, 6) is -0.366. The highest BCUT2D eigenvalue weighted by Gasteiger charge is 2.41. The van der Waals surface area contributed by atoms with Crippen molar-refractivity contribution in [2.75, 3.05) is 11.9 Å². The maximum absolute atomic E-state index is 13.8. The molecule has 0 bridgehead atoms. The van der Waals surface area contributed by atoms with Gasteiger partial charge in [0.2, 0.25) is 0 Å². The Morgan fingerprint density at radius 2 is 1.63 bits per heavy atom. The Morgan fingerprint density at radius 3 is 2.30 bits per heavy atom. The topological polar surface area (TPSA) is 40.6 Å². The zero-order valence-electron chi connectivity index (χ0n) is 16.5. The van der Waals surface area contributed by atoms with Crippen LogP contribution in [0.2, 0.25) is 5.02 Å². The van der Waals surface area contributed by atoms with Gasteiger partial charge in [0.15, 0.2) is 0 Å². The average molecular weight is 484 g/mol. The molecule has 2 unspecified atom stereocenters. The van der Waals surface area contributed by atoms with Crippen molar-refractivity contribution in [2.45, 2.75) is 19.0 Å². The molecule has 1 heterocycles. The van der Waals surface area contributed by atoms with Gasteiger partial charge in [-0.05, 0) is 48.4 Å². The Hall–Kier alpha value is -2.63. The fourth-order valence-corrected chi connectivity index (χ4v) is 4.38. The van der Waals surface area contributed by atoms with Gasteiger partial charge < -0.3 is 9.80 Å². The van der Waals surface area contributed by atoms with Gasteiger partial charge in [-0.15, -0.1) is 0 Å². The number of carbonyl (C=O) groups is 2. The fourth-order valence-electron chi connectivity index (χ4n) is 3.89. The van der Waals surface area contributed by atoms with E-state index in [1.807, 2.05) is 55.5 Å². The van der Waals surface area contributed by atoms with Crippen molar-refractivity contribution in [3.05, 3.63) is 99.0 Å². The Kier molecular flexibility index (Phi) is 5.67. The second-order valence-corrected chi connectivity index (χ2v) is 8.66. The first kappa shape index (κ1) is 20.6. The summed E-state index contributed by atoms with van der Waals surface area (Å²) in [6, 6.07) is 21.2. The Morgan fingerprint density at radius 1 is 0.967 bits per heavy atom. The van der Waals surface area contributed by atoms with E-state index in [0.717, 1.165) is 15.6 Å². The zero-order chi connectivity index (χ0) is 21.4. The maximum Gasteiger partial charge on any atom is 0.257 e. The van der Waals surface area contributed by atoms with Gasteiger partial charge in [0.05, 0.1) is 17.3 Å². The van der Waals surface area contributed by atoms with E-state index in [2.05, 4.69) is 15.9 Å². The molecule has 3 aromatic carbocycles. The number of rotatable bonds is 3. The van der Waals surface area contributed by atoms with Crippen molar-refractivity contribution in [1.29, 1.82) is 0 Å². The fraction of sp³-hybridized carbons (Fsp3) is 0.167. The molecule has 0 aromatic heterocycles. The van der Waals surface area contributed by atoms with Crippen LogP contribution >= 0.6 is 27.5 Å². The molecule has 4 nitrogen and oxygen atoms in total. The molecule has 0 fully saturated rings. The number of anilines is 1. The molecule has 0 N–H and O–H groups in total. The summed E-state index contributed by atoms with van der Waals surface area (Å²) in [7, 11) is 1.71. The van der Waals surface area contributed by atoms with Gasteiger partial charge in [0.1, 0.15) is 6.04 Å². The van der Waals surface area contributed by atoms with Crippen LogP contribution in [-0.2, 0) is 4.79 Å². The van der Waals surface area contributed by atoms with E-state index >= 15 is 0 Å². The van der Waals surface area contributed by atoms with Crippen molar-refractivity contribution in [3.63, 3.8) is 0 Å². The normalized spacial score (nSPS) is 17.5. The first-order chi connectivity index (χ1) is 14.4. The predicted octanol–water partition coefficient (Wildman–Crippen LogP) is 6.02. The first-order valence-corrected chi connectivity index (χ1v) is 10.8. The number of likely N-dealkylation sites (N-methyl/N-ethyl adjacent to an activating group) is 1. The SMILES string of the molecule is CC(c1ccccc1)N1C(=O)c2cc(Br)ccc2N(C)C(=O)C1c1ccc(Cl)cc1. The van der Waals surface area contributed by atoms with E-state index in [1.165, 1.54) is 0 Å². The van der Waals surface area contributed by atoms with Crippen LogP contribution in [0.25, 0.3) is 0 Å². The third-order valence-corrected chi connectivity index (χ3v) is 6.26. The predicted molar refractivity (Wildman–Crippen MR) is 123 cm³/mol. The van der Waals surface area contributed by atoms with Crippen LogP contribution in [0.4, 0.5) is 5.69 Å². The van der Waals surface area contributed by atoms with Crippen LogP contribution in [0, 0.1) is 0 Å². The van der Waals surface area contributed by atoms with E-state index in [9.17, 15) is 9.59 Å². The highest BCUT2D eigenvalue weighted by Crippen LogP contribution is 2.40. The van der Waals surface area contributed by atoms with Gasteiger partial charge in [-0.2, -0.15) is 0 Å².